The molecule has 120 valence electrons. The molecule has 0 atom stereocenters. The normalized spacial score (nSPS) is 10.7. The first kappa shape index (κ1) is 16.5. The molecule has 0 saturated carbocycles. The Morgan fingerprint density at radius 1 is 1.26 bits per heavy atom. The molecule has 5 heteroatoms. The van der Waals surface area contributed by atoms with E-state index in [4.69, 9.17) is 4.74 Å². The fraction of sp³-hybridized carbons (Fsp3) is 0.222. The maximum atomic E-state index is 11.8. The second-order valence-corrected chi connectivity index (χ2v) is 5.06. The summed E-state index contributed by atoms with van der Waals surface area (Å²) in [6.07, 6.45) is 2.73. The number of carbonyl (C=O) groups is 1. The largest absolute Gasteiger partial charge is 0.508 e. The minimum Gasteiger partial charge on any atom is -0.508 e. The minimum atomic E-state index is -0.217. The first-order chi connectivity index (χ1) is 11.2. The topological polar surface area (TPSA) is 70.9 Å². The number of nitrogens with zero attached hydrogens (tertiary/aromatic N) is 1. The second kappa shape index (κ2) is 8.58. The van der Waals surface area contributed by atoms with Crippen LogP contribution in [-0.4, -0.2) is 23.8 Å². The molecule has 2 N–H and O–H groups in total. The van der Waals surface area contributed by atoms with E-state index in [1.807, 2.05) is 24.3 Å². The third-order valence-electron chi connectivity index (χ3n) is 3.03. The fourth-order valence-corrected chi connectivity index (χ4v) is 1.92. The maximum Gasteiger partial charge on any atom is 0.244 e. The SMILES string of the molecule is CCCOc1cccc(/C=N\NC(=O)Cc2ccc(O)cc2)c1. The summed E-state index contributed by atoms with van der Waals surface area (Å²) in [5.74, 6) is 0.744. The van der Waals surface area contributed by atoms with Crippen LogP contribution in [0.2, 0.25) is 0 Å². The van der Waals surface area contributed by atoms with E-state index >= 15 is 0 Å². The number of rotatable bonds is 7. The molecule has 2 aromatic carbocycles. The molecule has 0 aliphatic rings. The van der Waals surface area contributed by atoms with Gasteiger partial charge in [0.1, 0.15) is 11.5 Å². The lowest BCUT2D eigenvalue weighted by atomic mass is 10.1. The van der Waals surface area contributed by atoms with Crippen molar-refractivity contribution < 1.29 is 14.6 Å². The van der Waals surface area contributed by atoms with Crippen LogP contribution in [-0.2, 0) is 11.2 Å². The Balaban J connectivity index is 1.85. The summed E-state index contributed by atoms with van der Waals surface area (Å²) >= 11 is 0. The second-order valence-electron chi connectivity index (χ2n) is 5.06. The molecular weight excluding hydrogens is 292 g/mol. The third kappa shape index (κ3) is 5.82. The van der Waals surface area contributed by atoms with Gasteiger partial charge >= 0.3 is 0 Å². The molecule has 0 unspecified atom stereocenters. The quantitative estimate of drug-likeness (QED) is 0.610. The molecule has 2 rings (SSSR count). The summed E-state index contributed by atoms with van der Waals surface area (Å²) in [4.78, 5) is 11.8. The van der Waals surface area contributed by atoms with E-state index in [9.17, 15) is 9.90 Å². The smallest absolute Gasteiger partial charge is 0.244 e. The van der Waals surface area contributed by atoms with Crippen LogP contribution in [0.5, 0.6) is 11.5 Å². The third-order valence-corrected chi connectivity index (χ3v) is 3.03. The molecule has 0 spiro atoms. The van der Waals surface area contributed by atoms with Gasteiger partial charge in [0.15, 0.2) is 0 Å². The van der Waals surface area contributed by atoms with E-state index in [0.717, 1.165) is 23.3 Å². The Labute approximate surface area is 135 Å². The number of phenols is 1. The van der Waals surface area contributed by atoms with Crippen molar-refractivity contribution in [1.82, 2.24) is 5.43 Å². The van der Waals surface area contributed by atoms with Gasteiger partial charge in [0.2, 0.25) is 5.91 Å². The van der Waals surface area contributed by atoms with Crippen molar-refractivity contribution in [3.63, 3.8) is 0 Å². The van der Waals surface area contributed by atoms with Gasteiger partial charge in [-0.2, -0.15) is 5.10 Å². The number of aromatic hydroxyl groups is 1. The number of nitrogens with one attached hydrogen (secondary N) is 1. The number of ether oxygens (including phenoxy) is 1. The summed E-state index contributed by atoms with van der Waals surface area (Å²) in [6.45, 7) is 2.72. The van der Waals surface area contributed by atoms with E-state index in [1.165, 1.54) is 0 Å². The molecule has 0 heterocycles. The lowest BCUT2D eigenvalue weighted by Crippen LogP contribution is -2.19. The van der Waals surface area contributed by atoms with Crippen LogP contribution in [0.3, 0.4) is 0 Å². The lowest BCUT2D eigenvalue weighted by molar-refractivity contribution is -0.120. The van der Waals surface area contributed by atoms with E-state index in [-0.39, 0.29) is 18.1 Å². The van der Waals surface area contributed by atoms with Gasteiger partial charge in [0.05, 0.1) is 19.2 Å². The van der Waals surface area contributed by atoms with Gasteiger partial charge in [0.25, 0.3) is 0 Å². The van der Waals surface area contributed by atoms with E-state index in [1.54, 1.807) is 30.5 Å². The number of amides is 1. The Hall–Kier alpha value is -2.82. The van der Waals surface area contributed by atoms with Crippen molar-refractivity contribution in [3.05, 3.63) is 59.7 Å². The zero-order valence-electron chi connectivity index (χ0n) is 13.0. The highest BCUT2D eigenvalue weighted by Gasteiger charge is 2.02. The molecule has 5 nitrogen and oxygen atoms in total. The highest BCUT2D eigenvalue weighted by molar-refractivity contribution is 5.83. The predicted octanol–water partition coefficient (Wildman–Crippen LogP) is 2.87. The molecule has 0 aromatic heterocycles. The number of hydrogen-bond acceptors (Lipinski definition) is 4. The van der Waals surface area contributed by atoms with Gasteiger partial charge in [-0.15, -0.1) is 0 Å². The molecule has 0 fully saturated rings. The van der Waals surface area contributed by atoms with Crippen LogP contribution in [0, 0.1) is 0 Å². The first-order valence-corrected chi connectivity index (χ1v) is 7.50. The van der Waals surface area contributed by atoms with Crippen molar-refractivity contribution >= 4 is 12.1 Å². The van der Waals surface area contributed by atoms with Crippen molar-refractivity contribution in [1.29, 1.82) is 0 Å². The summed E-state index contributed by atoms with van der Waals surface area (Å²) in [5.41, 5.74) is 4.15. The van der Waals surface area contributed by atoms with Gasteiger partial charge in [-0.05, 0) is 41.8 Å². The Morgan fingerprint density at radius 3 is 2.78 bits per heavy atom. The van der Waals surface area contributed by atoms with Crippen LogP contribution in [0.25, 0.3) is 0 Å². The van der Waals surface area contributed by atoms with Crippen molar-refractivity contribution in [3.8, 4) is 11.5 Å². The van der Waals surface area contributed by atoms with Crippen LogP contribution >= 0.6 is 0 Å². The Bertz CT molecular complexity index is 666. The molecule has 1 amide bonds. The fourth-order valence-electron chi connectivity index (χ4n) is 1.92. The van der Waals surface area contributed by atoms with Crippen molar-refractivity contribution in [2.24, 2.45) is 5.10 Å². The number of hydrogen-bond donors (Lipinski definition) is 2. The predicted molar refractivity (Wildman–Crippen MR) is 89.8 cm³/mol. The molecular formula is C18H20N2O3. The first-order valence-electron chi connectivity index (χ1n) is 7.50. The van der Waals surface area contributed by atoms with Crippen molar-refractivity contribution in [2.75, 3.05) is 6.61 Å². The lowest BCUT2D eigenvalue weighted by Gasteiger charge is -2.04. The van der Waals surface area contributed by atoms with Gasteiger partial charge in [-0.3, -0.25) is 4.79 Å². The van der Waals surface area contributed by atoms with Crippen molar-refractivity contribution in [2.45, 2.75) is 19.8 Å². The van der Waals surface area contributed by atoms with E-state index in [2.05, 4.69) is 17.5 Å². The summed E-state index contributed by atoms with van der Waals surface area (Å²) in [6, 6.07) is 14.0. The van der Waals surface area contributed by atoms with E-state index < -0.39 is 0 Å². The summed E-state index contributed by atoms with van der Waals surface area (Å²) in [7, 11) is 0. The molecule has 0 aliphatic carbocycles. The van der Waals surface area contributed by atoms with Crippen LogP contribution in [0.4, 0.5) is 0 Å². The standard InChI is InChI=1S/C18H20N2O3/c1-2-10-23-17-5-3-4-15(11-17)13-19-20-18(22)12-14-6-8-16(21)9-7-14/h3-9,11,13,21H,2,10,12H2,1H3,(H,20,22)/b19-13-. The zero-order chi connectivity index (χ0) is 16.5. The van der Waals surface area contributed by atoms with E-state index in [0.29, 0.717) is 6.61 Å². The Morgan fingerprint density at radius 2 is 2.04 bits per heavy atom. The highest BCUT2D eigenvalue weighted by Crippen LogP contribution is 2.12. The number of benzene rings is 2. The van der Waals surface area contributed by atoms with Crippen LogP contribution < -0.4 is 10.2 Å². The number of carbonyl (C=O) groups excluding carboxylic acids is 1. The van der Waals surface area contributed by atoms with Gasteiger partial charge in [0, 0.05) is 0 Å². The van der Waals surface area contributed by atoms with Crippen LogP contribution in [0.15, 0.2) is 53.6 Å². The average Bonchev–Trinajstić information content (AvgIpc) is 2.55. The van der Waals surface area contributed by atoms with Gasteiger partial charge in [-0.25, -0.2) is 5.43 Å². The number of phenolic OH excluding ortho intramolecular Hbond substituents is 1. The highest BCUT2D eigenvalue weighted by atomic mass is 16.5. The maximum absolute atomic E-state index is 11.8. The van der Waals surface area contributed by atoms with Crippen LogP contribution in [0.1, 0.15) is 24.5 Å². The molecule has 0 aliphatic heterocycles. The minimum absolute atomic E-state index is 0.178. The zero-order valence-corrected chi connectivity index (χ0v) is 13.0. The summed E-state index contributed by atoms with van der Waals surface area (Å²) < 4.78 is 5.54. The van der Waals surface area contributed by atoms with Gasteiger partial charge < -0.3 is 9.84 Å². The molecule has 2 aromatic rings. The molecule has 23 heavy (non-hydrogen) atoms. The number of hydrazone groups is 1. The summed E-state index contributed by atoms with van der Waals surface area (Å²) in [5, 5.41) is 13.1. The average molecular weight is 312 g/mol. The molecule has 0 radical (unpaired) electrons. The Kier molecular flexibility index (Phi) is 6.17. The van der Waals surface area contributed by atoms with Gasteiger partial charge in [-0.1, -0.05) is 31.2 Å². The molecule has 0 bridgehead atoms. The molecule has 0 saturated heterocycles. The monoisotopic (exact) mass is 312 g/mol.